The lowest BCUT2D eigenvalue weighted by atomic mass is 10.0. The average molecular weight is 418 g/mol. The minimum absolute atomic E-state index is 0.0574. The molecule has 0 fully saturated rings. The minimum atomic E-state index is -0.0913. The highest BCUT2D eigenvalue weighted by molar-refractivity contribution is 5.96. The van der Waals surface area contributed by atoms with Crippen LogP contribution in [0.1, 0.15) is 28.9 Å². The monoisotopic (exact) mass is 417 g/mol. The lowest BCUT2D eigenvalue weighted by Gasteiger charge is -2.14. The smallest absolute Gasteiger partial charge is 0.251 e. The van der Waals surface area contributed by atoms with Crippen molar-refractivity contribution in [2.45, 2.75) is 13.0 Å². The van der Waals surface area contributed by atoms with Crippen molar-refractivity contribution >= 4 is 16.7 Å². The number of amides is 1. The molecule has 0 aliphatic heterocycles. The van der Waals surface area contributed by atoms with Crippen molar-refractivity contribution in [1.29, 1.82) is 0 Å². The Kier molecular flexibility index (Phi) is 5.26. The maximum atomic E-state index is 12.7. The maximum Gasteiger partial charge on any atom is 0.251 e. The fourth-order valence-corrected chi connectivity index (χ4v) is 3.97. The molecule has 4 heteroatoms. The van der Waals surface area contributed by atoms with Crippen molar-refractivity contribution in [2.24, 2.45) is 0 Å². The van der Waals surface area contributed by atoms with Crippen LogP contribution in [0.2, 0.25) is 0 Å². The van der Waals surface area contributed by atoms with E-state index in [1.807, 2.05) is 79.7 Å². The van der Waals surface area contributed by atoms with Crippen LogP contribution >= 0.6 is 0 Å². The van der Waals surface area contributed by atoms with Gasteiger partial charge in [-0.2, -0.15) is 5.10 Å². The number of rotatable bonds is 5. The SMILES string of the molecule is C[C@H](NC(=O)c1ccc(-c2cc(-c3cccc4ccccc34)[nH]n2)cc1)c1ccccc1. The van der Waals surface area contributed by atoms with Crippen LogP contribution in [0, 0.1) is 0 Å². The first-order chi connectivity index (χ1) is 15.7. The van der Waals surface area contributed by atoms with Crippen molar-refractivity contribution in [1.82, 2.24) is 15.5 Å². The largest absolute Gasteiger partial charge is 0.346 e. The number of carbonyl (C=O) groups is 1. The first-order valence-corrected chi connectivity index (χ1v) is 10.7. The van der Waals surface area contributed by atoms with Crippen molar-refractivity contribution < 1.29 is 4.79 Å². The summed E-state index contributed by atoms with van der Waals surface area (Å²) in [5, 5.41) is 13.1. The Bertz CT molecular complexity index is 1370. The number of nitrogens with one attached hydrogen (secondary N) is 2. The first-order valence-electron chi connectivity index (χ1n) is 10.7. The van der Waals surface area contributed by atoms with Crippen LogP contribution in [0.15, 0.2) is 103 Å². The van der Waals surface area contributed by atoms with Gasteiger partial charge in [-0.25, -0.2) is 0 Å². The third-order valence-corrected chi connectivity index (χ3v) is 5.75. The molecule has 4 nitrogen and oxygen atoms in total. The molecule has 1 heterocycles. The molecule has 4 aromatic carbocycles. The van der Waals surface area contributed by atoms with Gasteiger partial charge in [0, 0.05) is 16.7 Å². The van der Waals surface area contributed by atoms with Crippen LogP contribution in [0.3, 0.4) is 0 Å². The molecule has 5 aromatic rings. The lowest BCUT2D eigenvalue weighted by Crippen LogP contribution is -2.26. The van der Waals surface area contributed by atoms with Gasteiger partial charge < -0.3 is 5.32 Å². The van der Waals surface area contributed by atoms with Gasteiger partial charge in [-0.3, -0.25) is 9.89 Å². The molecule has 1 amide bonds. The fourth-order valence-electron chi connectivity index (χ4n) is 3.97. The number of aromatic nitrogens is 2. The predicted molar refractivity (Wildman–Crippen MR) is 129 cm³/mol. The molecule has 156 valence electrons. The molecule has 0 aliphatic rings. The highest BCUT2D eigenvalue weighted by atomic mass is 16.1. The van der Waals surface area contributed by atoms with Gasteiger partial charge in [0.2, 0.25) is 0 Å². The summed E-state index contributed by atoms with van der Waals surface area (Å²) < 4.78 is 0. The van der Waals surface area contributed by atoms with E-state index in [-0.39, 0.29) is 11.9 Å². The maximum absolute atomic E-state index is 12.7. The Balaban J connectivity index is 1.35. The van der Waals surface area contributed by atoms with Crippen LogP contribution in [0.5, 0.6) is 0 Å². The third-order valence-electron chi connectivity index (χ3n) is 5.75. The highest BCUT2D eigenvalue weighted by Crippen LogP contribution is 2.30. The molecular weight excluding hydrogens is 394 g/mol. The van der Waals surface area contributed by atoms with Gasteiger partial charge in [-0.1, -0.05) is 84.9 Å². The van der Waals surface area contributed by atoms with Gasteiger partial charge in [0.15, 0.2) is 0 Å². The van der Waals surface area contributed by atoms with Crippen molar-refractivity contribution in [3.63, 3.8) is 0 Å². The summed E-state index contributed by atoms with van der Waals surface area (Å²) in [7, 11) is 0. The highest BCUT2D eigenvalue weighted by Gasteiger charge is 2.13. The van der Waals surface area contributed by atoms with Gasteiger partial charge in [-0.15, -0.1) is 0 Å². The zero-order valence-electron chi connectivity index (χ0n) is 17.7. The van der Waals surface area contributed by atoms with Gasteiger partial charge in [0.1, 0.15) is 0 Å². The Morgan fingerprint density at radius 3 is 2.38 bits per heavy atom. The summed E-state index contributed by atoms with van der Waals surface area (Å²) >= 11 is 0. The molecule has 2 N–H and O–H groups in total. The first kappa shape index (κ1) is 19.8. The molecule has 0 radical (unpaired) electrons. The summed E-state index contributed by atoms with van der Waals surface area (Å²) in [5.41, 5.74) is 5.59. The zero-order chi connectivity index (χ0) is 21.9. The third kappa shape index (κ3) is 3.91. The number of benzene rings is 4. The number of aromatic amines is 1. The molecule has 0 aliphatic carbocycles. The van der Waals surface area contributed by atoms with Gasteiger partial charge in [0.05, 0.1) is 17.4 Å². The Labute approximate surface area is 186 Å². The quantitative estimate of drug-likeness (QED) is 0.348. The molecule has 0 bridgehead atoms. The summed E-state index contributed by atoms with van der Waals surface area (Å²) in [6.07, 6.45) is 0. The molecule has 0 unspecified atom stereocenters. The van der Waals surface area contributed by atoms with Crippen LogP contribution in [0.4, 0.5) is 0 Å². The number of H-pyrrole nitrogens is 1. The molecule has 5 rings (SSSR count). The minimum Gasteiger partial charge on any atom is -0.346 e. The van der Waals surface area contributed by atoms with E-state index in [0.29, 0.717) is 5.56 Å². The van der Waals surface area contributed by atoms with E-state index in [1.54, 1.807) is 0 Å². The normalized spacial score (nSPS) is 11.9. The van der Waals surface area contributed by atoms with E-state index in [2.05, 4.69) is 45.8 Å². The topological polar surface area (TPSA) is 57.8 Å². The molecule has 1 aromatic heterocycles. The molecule has 0 spiro atoms. The van der Waals surface area contributed by atoms with Crippen LogP contribution in [-0.4, -0.2) is 16.1 Å². The Morgan fingerprint density at radius 2 is 1.56 bits per heavy atom. The van der Waals surface area contributed by atoms with Crippen molar-refractivity contribution in [2.75, 3.05) is 0 Å². The second-order valence-corrected chi connectivity index (χ2v) is 7.88. The Morgan fingerprint density at radius 1 is 0.844 bits per heavy atom. The number of nitrogens with zero attached hydrogens (tertiary/aromatic N) is 1. The van der Waals surface area contributed by atoms with E-state index in [1.165, 1.54) is 10.8 Å². The molecule has 0 saturated carbocycles. The van der Waals surface area contributed by atoms with Gasteiger partial charge >= 0.3 is 0 Å². The van der Waals surface area contributed by atoms with Crippen molar-refractivity contribution in [3.8, 4) is 22.5 Å². The number of fused-ring (bicyclic) bond motifs is 1. The summed E-state index contributed by atoms with van der Waals surface area (Å²) in [6.45, 7) is 1.99. The van der Waals surface area contributed by atoms with E-state index in [4.69, 9.17) is 0 Å². The predicted octanol–water partition coefficient (Wildman–Crippen LogP) is 6.39. The van der Waals surface area contributed by atoms with E-state index < -0.39 is 0 Å². The number of carbonyl (C=O) groups excluding carboxylic acids is 1. The van der Waals surface area contributed by atoms with Gasteiger partial charge in [0.25, 0.3) is 5.91 Å². The zero-order valence-corrected chi connectivity index (χ0v) is 17.7. The standard InChI is InChI=1S/C28H23N3O/c1-19(20-8-3-2-4-9-20)29-28(32)23-16-14-22(15-17-23)26-18-27(31-30-26)25-13-7-11-21-10-5-6-12-24(21)25/h2-19H,1H3,(H,29,32)(H,30,31)/t19-/m0/s1. The summed E-state index contributed by atoms with van der Waals surface area (Å²) in [5.74, 6) is -0.0913. The van der Waals surface area contributed by atoms with Crippen LogP contribution in [-0.2, 0) is 0 Å². The number of hydrogen-bond donors (Lipinski definition) is 2. The number of hydrogen-bond acceptors (Lipinski definition) is 2. The molecular formula is C28H23N3O. The van der Waals surface area contributed by atoms with Crippen LogP contribution in [0.25, 0.3) is 33.3 Å². The lowest BCUT2D eigenvalue weighted by molar-refractivity contribution is 0.0940. The second-order valence-electron chi connectivity index (χ2n) is 7.88. The molecule has 1 atom stereocenters. The van der Waals surface area contributed by atoms with E-state index in [0.717, 1.165) is 28.1 Å². The van der Waals surface area contributed by atoms with E-state index >= 15 is 0 Å². The summed E-state index contributed by atoms with van der Waals surface area (Å²) in [6, 6.07) is 34.1. The molecule has 32 heavy (non-hydrogen) atoms. The average Bonchev–Trinajstić information content (AvgIpc) is 3.34. The van der Waals surface area contributed by atoms with E-state index in [9.17, 15) is 4.79 Å². The van der Waals surface area contributed by atoms with Gasteiger partial charge in [-0.05, 0) is 41.5 Å². The van der Waals surface area contributed by atoms with Crippen molar-refractivity contribution in [3.05, 3.63) is 114 Å². The molecule has 0 saturated heterocycles. The fraction of sp³-hybridized carbons (Fsp3) is 0.0714. The summed E-state index contributed by atoms with van der Waals surface area (Å²) in [4.78, 5) is 12.7. The Hall–Kier alpha value is -4.18. The second kappa shape index (κ2) is 8.52. The van der Waals surface area contributed by atoms with Crippen LogP contribution < -0.4 is 5.32 Å².